The van der Waals surface area contributed by atoms with E-state index in [2.05, 4.69) is 15.3 Å². The molecule has 5 rings (SSSR count). The van der Waals surface area contributed by atoms with Crippen molar-refractivity contribution in [1.82, 2.24) is 14.5 Å². The lowest BCUT2D eigenvalue weighted by molar-refractivity contribution is -0.116. The molecule has 0 aliphatic carbocycles. The number of fused-ring (bicyclic) bond motifs is 4. The van der Waals surface area contributed by atoms with Gasteiger partial charge in [-0.25, -0.2) is 9.97 Å². The molecule has 6 nitrogen and oxygen atoms in total. The monoisotopic (exact) mass is 392 g/mol. The second kappa shape index (κ2) is 6.26. The van der Waals surface area contributed by atoms with Gasteiger partial charge in [-0.2, -0.15) is 0 Å². The molecule has 0 aliphatic rings. The fourth-order valence-corrected chi connectivity index (χ4v) is 4.95. The van der Waals surface area contributed by atoms with Crippen molar-refractivity contribution in [3.8, 4) is 0 Å². The minimum atomic E-state index is -0.307. The summed E-state index contributed by atoms with van der Waals surface area (Å²) in [7, 11) is 0. The quantitative estimate of drug-likeness (QED) is 0.506. The molecular formula is C19H12N4O2S2. The largest absolute Gasteiger partial charge is 0.300 e. The number of aromatic nitrogens is 3. The van der Waals surface area contributed by atoms with E-state index in [1.165, 1.54) is 33.6 Å². The summed E-state index contributed by atoms with van der Waals surface area (Å²) >= 11 is 2.80. The summed E-state index contributed by atoms with van der Waals surface area (Å²) in [5.41, 5.74) is 1.31. The zero-order valence-electron chi connectivity index (χ0n) is 13.9. The average Bonchev–Trinajstić information content (AvgIpc) is 3.25. The molecule has 0 bridgehead atoms. The molecule has 8 heteroatoms. The molecule has 0 saturated heterocycles. The zero-order chi connectivity index (χ0) is 18.4. The van der Waals surface area contributed by atoms with Crippen molar-refractivity contribution in [2.45, 2.75) is 6.54 Å². The first-order valence-electron chi connectivity index (χ1n) is 8.21. The van der Waals surface area contributed by atoms with Crippen molar-refractivity contribution in [3.05, 3.63) is 65.2 Å². The number of para-hydroxylation sites is 1. The third-order valence-corrected chi connectivity index (χ3v) is 6.30. The molecule has 0 fully saturated rings. The van der Waals surface area contributed by atoms with Crippen molar-refractivity contribution in [2.24, 2.45) is 0 Å². The Morgan fingerprint density at radius 2 is 1.81 bits per heavy atom. The Balaban J connectivity index is 1.45. The van der Waals surface area contributed by atoms with Gasteiger partial charge in [0.1, 0.15) is 11.2 Å². The van der Waals surface area contributed by atoms with Gasteiger partial charge in [0.2, 0.25) is 5.91 Å². The molecule has 0 unspecified atom stereocenters. The number of amides is 1. The molecule has 0 spiro atoms. The summed E-state index contributed by atoms with van der Waals surface area (Å²) in [4.78, 5) is 33.9. The number of nitrogens with zero attached hydrogens (tertiary/aromatic N) is 3. The van der Waals surface area contributed by atoms with E-state index >= 15 is 0 Å². The Morgan fingerprint density at radius 1 is 1.04 bits per heavy atom. The first-order valence-corrected chi connectivity index (χ1v) is 9.84. The van der Waals surface area contributed by atoms with Crippen LogP contribution in [-0.4, -0.2) is 20.4 Å². The zero-order valence-corrected chi connectivity index (χ0v) is 15.5. The number of anilines is 1. The lowest BCUT2D eigenvalue weighted by Gasteiger charge is -2.04. The molecule has 0 radical (unpaired) electrons. The summed E-state index contributed by atoms with van der Waals surface area (Å²) in [6.07, 6.45) is 1.43. The van der Waals surface area contributed by atoms with E-state index < -0.39 is 0 Å². The Kier molecular flexibility index (Phi) is 3.73. The number of carbonyl (C=O) groups is 1. The SMILES string of the molecule is O=C(Cn1cnc2c(sc3ccccc32)c1=O)Nc1nc2ccccc2s1. The Morgan fingerprint density at radius 3 is 2.67 bits per heavy atom. The minimum Gasteiger partial charge on any atom is -0.300 e. The fourth-order valence-electron chi connectivity index (χ4n) is 2.97. The van der Waals surface area contributed by atoms with Gasteiger partial charge in [0.05, 0.1) is 22.1 Å². The highest BCUT2D eigenvalue weighted by atomic mass is 32.1. The predicted molar refractivity (Wildman–Crippen MR) is 110 cm³/mol. The van der Waals surface area contributed by atoms with Gasteiger partial charge < -0.3 is 5.32 Å². The number of benzene rings is 2. The van der Waals surface area contributed by atoms with Crippen LogP contribution in [0.4, 0.5) is 5.13 Å². The second-order valence-electron chi connectivity index (χ2n) is 5.99. The number of rotatable bonds is 3. The van der Waals surface area contributed by atoms with Crippen LogP contribution in [0.1, 0.15) is 0 Å². The lowest BCUT2D eigenvalue weighted by atomic mass is 10.2. The molecule has 2 aromatic carbocycles. The molecule has 0 saturated carbocycles. The summed E-state index contributed by atoms with van der Waals surface area (Å²) in [5.74, 6) is -0.307. The van der Waals surface area contributed by atoms with E-state index in [0.717, 1.165) is 20.3 Å². The van der Waals surface area contributed by atoms with Crippen molar-refractivity contribution >= 4 is 64.2 Å². The van der Waals surface area contributed by atoms with Gasteiger partial charge in [-0.05, 0) is 18.2 Å². The number of thiophene rings is 1. The van der Waals surface area contributed by atoms with E-state index in [4.69, 9.17) is 0 Å². The van der Waals surface area contributed by atoms with Gasteiger partial charge in [-0.1, -0.05) is 41.7 Å². The molecule has 3 heterocycles. The number of hydrogen-bond acceptors (Lipinski definition) is 6. The first kappa shape index (κ1) is 16.1. The van der Waals surface area contributed by atoms with Crippen molar-refractivity contribution in [1.29, 1.82) is 0 Å². The summed E-state index contributed by atoms with van der Waals surface area (Å²) in [6, 6.07) is 15.4. The van der Waals surface area contributed by atoms with Crippen LogP contribution >= 0.6 is 22.7 Å². The van der Waals surface area contributed by atoms with Gasteiger partial charge in [-0.15, -0.1) is 11.3 Å². The Hall–Kier alpha value is -3.10. The van der Waals surface area contributed by atoms with Gasteiger partial charge in [0.25, 0.3) is 5.56 Å². The summed E-state index contributed by atoms with van der Waals surface area (Å²) in [6.45, 7) is -0.105. The molecule has 0 atom stereocenters. The van der Waals surface area contributed by atoms with Crippen molar-refractivity contribution in [2.75, 3.05) is 5.32 Å². The van der Waals surface area contributed by atoms with E-state index in [9.17, 15) is 9.59 Å². The Labute approximate surface area is 160 Å². The van der Waals surface area contributed by atoms with Crippen LogP contribution < -0.4 is 10.9 Å². The highest BCUT2D eigenvalue weighted by molar-refractivity contribution is 7.25. The predicted octanol–water partition coefficient (Wildman–Crippen LogP) is 3.86. The molecular weight excluding hydrogens is 380 g/mol. The minimum absolute atomic E-state index is 0.105. The van der Waals surface area contributed by atoms with Crippen LogP contribution in [0.3, 0.4) is 0 Å². The summed E-state index contributed by atoms with van der Waals surface area (Å²) in [5, 5.41) is 4.24. The van der Waals surface area contributed by atoms with Gasteiger partial charge in [0, 0.05) is 10.1 Å². The third-order valence-electron chi connectivity index (χ3n) is 4.20. The molecule has 3 aromatic heterocycles. The number of carbonyl (C=O) groups excluding carboxylic acids is 1. The van der Waals surface area contributed by atoms with Crippen LogP contribution in [0.25, 0.3) is 30.5 Å². The van der Waals surface area contributed by atoms with E-state index in [1.54, 1.807) is 0 Å². The number of hydrogen-bond donors (Lipinski definition) is 1. The Bertz CT molecular complexity index is 1350. The van der Waals surface area contributed by atoms with E-state index in [0.29, 0.717) is 15.3 Å². The van der Waals surface area contributed by atoms with Crippen LogP contribution in [0.5, 0.6) is 0 Å². The highest BCUT2D eigenvalue weighted by Gasteiger charge is 2.14. The smallest absolute Gasteiger partial charge is 0.271 e. The maximum atomic E-state index is 12.8. The maximum Gasteiger partial charge on any atom is 0.271 e. The van der Waals surface area contributed by atoms with Crippen molar-refractivity contribution < 1.29 is 4.79 Å². The molecule has 1 N–H and O–H groups in total. The van der Waals surface area contributed by atoms with Crippen LogP contribution in [0.2, 0.25) is 0 Å². The van der Waals surface area contributed by atoms with Gasteiger partial charge in [-0.3, -0.25) is 14.2 Å². The van der Waals surface area contributed by atoms with Crippen LogP contribution in [0.15, 0.2) is 59.7 Å². The van der Waals surface area contributed by atoms with Crippen LogP contribution in [-0.2, 0) is 11.3 Å². The third kappa shape index (κ3) is 2.79. The second-order valence-corrected chi connectivity index (χ2v) is 8.07. The standard InChI is InChI=1S/C19H12N4O2S2/c24-15(22-19-21-12-6-2-4-8-14(12)27-19)9-23-10-20-16-11-5-1-3-7-13(11)26-17(16)18(23)25/h1-8,10H,9H2,(H,21,22,24). The lowest BCUT2D eigenvalue weighted by Crippen LogP contribution is -2.27. The van der Waals surface area contributed by atoms with Gasteiger partial charge >= 0.3 is 0 Å². The average molecular weight is 392 g/mol. The fraction of sp³-hybridized carbons (Fsp3) is 0.0526. The molecule has 1 amide bonds. The first-order chi connectivity index (χ1) is 13.2. The number of thiazole rings is 1. The summed E-state index contributed by atoms with van der Waals surface area (Å²) < 4.78 is 3.90. The van der Waals surface area contributed by atoms with Gasteiger partial charge in [0.15, 0.2) is 5.13 Å². The molecule has 5 aromatic rings. The highest BCUT2D eigenvalue weighted by Crippen LogP contribution is 2.29. The molecule has 27 heavy (non-hydrogen) atoms. The van der Waals surface area contributed by atoms with Crippen molar-refractivity contribution in [3.63, 3.8) is 0 Å². The maximum absolute atomic E-state index is 12.8. The topological polar surface area (TPSA) is 76.9 Å². The molecule has 0 aliphatic heterocycles. The molecule has 132 valence electrons. The van der Waals surface area contributed by atoms with E-state index in [1.807, 2.05) is 48.5 Å². The van der Waals surface area contributed by atoms with Crippen LogP contribution in [0, 0.1) is 0 Å². The number of nitrogens with one attached hydrogen (secondary N) is 1. The van der Waals surface area contributed by atoms with E-state index in [-0.39, 0.29) is 18.0 Å². The normalized spacial score (nSPS) is 11.4.